The highest BCUT2D eigenvalue weighted by Crippen LogP contribution is 2.27. The molecule has 3 nitrogen and oxygen atoms in total. The molecule has 0 fully saturated rings. The minimum atomic E-state index is -0.857. The molecule has 0 saturated heterocycles. The van der Waals surface area contributed by atoms with Crippen LogP contribution >= 0.6 is 15.9 Å². The summed E-state index contributed by atoms with van der Waals surface area (Å²) in [5.41, 5.74) is 0.934. The highest BCUT2D eigenvalue weighted by Gasteiger charge is 2.12. The predicted octanol–water partition coefficient (Wildman–Crippen LogP) is 3.66. The summed E-state index contributed by atoms with van der Waals surface area (Å²) in [7, 11) is 0. The van der Waals surface area contributed by atoms with Crippen LogP contribution in [0.5, 0.6) is 0 Å². The zero-order valence-corrected chi connectivity index (χ0v) is 10.5. The Morgan fingerprint density at radius 2 is 1.94 bits per heavy atom. The van der Waals surface area contributed by atoms with Crippen molar-refractivity contribution in [3.63, 3.8) is 0 Å². The van der Waals surface area contributed by atoms with Gasteiger partial charge in [-0.2, -0.15) is 5.26 Å². The van der Waals surface area contributed by atoms with Crippen LogP contribution < -0.4 is 0 Å². The van der Waals surface area contributed by atoms with E-state index in [4.69, 9.17) is 9.68 Å². The second-order valence-electron chi connectivity index (χ2n) is 3.59. The second-order valence-corrected chi connectivity index (χ2v) is 4.50. The van der Waals surface area contributed by atoms with Crippen LogP contribution in [0, 0.1) is 11.3 Å². The molecule has 2 rings (SSSR count). The van der Waals surface area contributed by atoms with E-state index in [2.05, 4.69) is 15.9 Å². The lowest BCUT2D eigenvalue weighted by Gasteiger charge is -2.01. The molecular weight excluding hydrogens is 282 g/mol. The molecule has 1 N–H and O–H groups in total. The average Bonchev–Trinajstić information content (AvgIpc) is 2.80. The fourth-order valence-corrected chi connectivity index (χ4v) is 1.75. The molecule has 0 radical (unpaired) electrons. The van der Waals surface area contributed by atoms with Crippen molar-refractivity contribution in [2.75, 3.05) is 0 Å². The van der Waals surface area contributed by atoms with E-state index >= 15 is 0 Å². The number of benzene rings is 1. The van der Waals surface area contributed by atoms with Gasteiger partial charge < -0.3 is 9.52 Å². The number of nitriles is 1. The van der Waals surface area contributed by atoms with Gasteiger partial charge in [-0.05, 0) is 24.3 Å². The zero-order chi connectivity index (χ0) is 12.3. The van der Waals surface area contributed by atoms with E-state index in [1.807, 2.05) is 30.3 Å². The van der Waals surface area contributed by atoms with Crippen molar-refractivity contribution < 1.29 is 9.52 Å². The highest BCUT2D eigenvalue weighted by atomic mass is 79.9. The van der Waals surface area contributed by atoms with Crippen molar-refractivity contribution in [2.24, 2.45) is 0 Å². The summed E-state index contributed by atoms with van der Waals surface area (Å²) < 4.78 is 6.51. The second kappa shape index (κ2) is 5.17. The minimum Gasteiger partial charge on any atom is -0.458 e. The summed E-state index contributed by atoms with van der Waals surface area (Å²) in [6.45, 7) is 0. The first-order valence-electron chi connectivity index (χ1n) is 5.11. The molecule has 1 aromatic heterocycles. The Morgan fingerprint density at radius 3 is 2.59 bits per heavy atom. The van der Waals surface area contributed by atoms with Gasteiger partial charge in [-0.15, -0.1) is 0 Å². The van der Waals surface area contributed by atoms with Gasteiger partial charge in [-0.1, -0.05) is 28.1 Å². The van der Waals surface area contributed by atoms with Crippen LogP contribution in [0.15, 0.2) is 45.3 Å². The van der Waals surface area contributed by atoms with Crippen molar-refractivity contribution in [3.8, 4) is 17.4 Å². The Bertz CT molecular complexity index is 539. The van der Waals surface area contributed by atoms with Gasteiger partial charge in [-0.3, -0.25) is 0 Å². The molecule has 0 unspecified atom stereocenters. The summed E-state index contributed by atoms with van der Waals surface area (Å²) in [6, 6.07) is 13.1. The van der Waals surface area contributed by atoms with E-state index in [-0.39, 0.29) is 6.42 Å². The Kier molecular flexibility index (Phi) is 3.62. The molecule has 0 spiro atoms. The number of hydrogen-bond donors (Lipinski definition) is 1. The van der Waals surface area contributed by atoms with Crippen LogP contribution in [0.2, 0.25) is 0 Å². The molecule has 1 aromatic carbocycles. The lowest BCUT2D eigenvalue weighted by molar-refractivity contribution is 0.156. The first-order valence-corrected chi connectivity index (χ1v) is 5.90. The lowest BCUT2D eigenvalue weighted by atomic mass is 10.2. The van der Waals surface area contributed by atoms with Gasteiger partial charge in [0.15, 0.2) is 0 Å². The number of furan rings is 1. The first kappa shape index (κ1) is 11.9. The maximum atomic E-state index is 9.60. The summed E-state index contributed by atoms with van der Waals surface area (Å²) in [5.74, 6) is 1.11. The number of aliphatic hydroxyl groups excluding tert-OH is 1. The molecule has 2 aromatic rings. The quantitative estimate of drug-likeness (QED) is 0.939. The van der Waals surface area contributed by atoms with Gasteiger partial charge in [0.1, 0.15) is 17.6 Å². The smallest absolute Gasteiger partial charge is 0.134 e. The van der Waals surface area contributed by atoms with Crippen LogP contribution in [-0.4, -0.2) is 5.11 Å². The number of halogens is 1. The molecule has 1 atom stereocenters. The summed E-state index contributed by atoms with van der Waals surface area (Å²) in [6.07, 6.45) is -0.822. The molecule has 0 bridgehead atoms. The third kappa shape index (κ3) is 2.76. The van der Waals surface area contributed by atoms with E-state index in [1.54, 1.807) is 12.1 Å². The Morgan fingerprint density at radius 1 is 1.24 bits per heavy atom. The van der Waals surface area contributed by atoms with E-state index < -0.39 is 6.10 Å². The van der Waals surface area contributed by atoms with Crippen molar-refractivity contribution in [1.82, 2.24) is 0 Å². The minimum absolute atomic E-state index is 0.0350. The van der Waals surface area contributed by atoms with E-state index in [1.165, 1.54) is 0 Å². The van der Waals surface area contributed by atoms with Crippen LogP contribution in [0.25, 0.3) is 11.3 Å². The molecule has 1 heterocycles. The highest BCUT2D eigenvalue weighted by molar-refractivity contribution is 9.10. The summed E-state index contributed by atoms with van der Waals surface area (Å²) in [5, 5.41) is 18.1. The van der Waals surface area contributed by atoms with Gasteiger partial charge >= 0.3 is 0 Å². The molecule has 0 aliphatic rings. The maximum absolute atomic E-state index is 9.60. The van der Waals surface area contributed by atoms with Crippen molar-refractivity contribution in [3.05, 3.63) is 46.6 Å². The van der Waals surface area contributed by atoms with Gasteiger partial charge in [0.05, 0.1) is 12.5 Å². The summed E-state index contributed by atoms with van der Waals surface area (Å²) >= 11 is 3.36. The molecule has 0 aliphatic heterocycles. The Labute approximate surface area is 107 Å². The molecular formula is C13H10BrNO2. The van der Waals surface area contributed by atoms with Crippen molar-refractivity contribution >= 4 is 15.9 Å². The Hall–Kier alpha value is -1.57. The van der Waals surface area contributed by atoms with Crippen molar-refractivity contribution in [1.29, 1.82) is 5.26 Å². The fourth-order valence-electron chi connectivity index (χ4n) is 1.49. The van der Waals surface area contributed by atoms with Crippen LogP contribution in [0.3, 0.4) is 0 Å². The predicted molar refractivity (Wildman–Crippen MR) is 67.0 cm³/mol. The fraction of sp³-hybridized carbons (Fsp3) is 0.154. The molecule has 17 heavy (non-hydrogen) atoms. The monoisotopic (exact) mass is 291 g/mol. The van der Waals surface area contributed by atoms with Gasteiger partial charge in [-0.25, -0.2) is 0 Å². The lowest BCUT2D eigenvalue weighted by Crippen LogP contribution is -1.92. The van der Waals surface area contributed by atoms with Crippen LogP contribution in [-0.2, 0) is 0 Å². The number of aliphatic hydroxyl groups is 1. The largest absolute Gasteiger partial charge is 0.458 e. The van der Waals surface area contributed by atoms with Crippen LogP contribution in [0.1, 0.15) is 18.3 Å². The summed E-state index contributed by atoms with van der Waals surface area (Å²) in [4.78, 5) is 0. The number of rotatable bonds is 3. The standard InChI is InChI=1S/C13H10BrNO2/c14-10-3-1-9(2-4-10)12-5-6-13(17-12)11(16)7-8-15/h1-6,11,16H,7H2/t11-/m1/s1. The van der Waals surface area contributed by atoms with E-state index in [0.717, 1.165) is 10.0 Å². The van der Waals surface area contributed by atoms with Gasteiger partial charge in [0, 0.05) is 10.0 Å². The average molecular weight is 292 g/mol. The third-order valence-corrected chi connectivity index (χ3v) is 2.90. The molecule has 86 valence electrons. The molecule has 0 saturated carbocycles. The Balaban J connectivity index is 2.24. The van der Waals surface area contributed by atoms with Crippen molar-refractivity contribution in [2.45, 2.75) is 12.5 Å². The van der Waals surface area contributed by atoms with Crippen LogP contribution in [0.4, 0.5) is 0 Å². The van der Waals surface area contributed by atoms with Gasteiger partial charge in [0.2, 0.25) is 0 Å². The number of nitrogens with zero attached hydrogens (tertiary/aromatic N) is 1. The van der Waals surface area contributed by atoms with E-state index in [9.17, 15) is 5.11 Å². The SMILES string of the molecule is N#CC[C@@H](O)c1ccc(-c2ccc(Br)cc2)o1. The first-order chi connectivity index (χ1) is 8.20. The van der Waals surface area contributed by atoms with E-state index in [0.29, 0.717) is 11.5 Å². The maximum Gasteiger partial charge on any atom is 0.134 e. The topological polar surface area (TPSA) is 57.2 Å². The molecule has 0 aliphatic carbocycles. The van der Waals surface area contributed by atoms with Gasteiger partial charge in [0.25, 0.3) is 0 Å². The molecule has 0 amide bonds. The number of hydrogen-bond acceptors (Lipinski definition) is 3. The third-order valence-electron chi connectivity index (χ3n) is 2.37. The molecule has 4 heteroatoms. The normalized spacial score (nSPS) is 12.1. The zero-order valence-electron chi connectivity index (χ0n) is 8.93.